The number of aryl methyl sites for hydroxylation is 2. The third-order valence-corrected chi connectivity index (χ3v) is 6.48. The molecule has 1 aliphatic rings. The van der Waals surface area contributed by atoms with Gasteiger partial charge in [0.25, 0.3) is 5.91 Å². The molecule has 1 aliphatic heterocycles. The van der Waals surface area contributed by atoms with Gasteiger partial charge >= 0.3 is 0 Å². The molecule has 172 valence electrons. The van der Waals surface area contributed by atoms with Crippen LogP contribution in [0.15, 0.2) is 78.9 Å². The summed E-state index contributed by atoms with van der Waals surface area (Å²) in [6.07, 6.45) is 0.208. The first-order valence-electron chi connectivity index (χ1n) is 11.9. The van der Waals surface area contributed by atoms with Gasteiger partial charge in [0.2, 0.25) is 0 Å². The van der Waals surface area contributed by atoms with Crippen molar-refractivity contribution in [3.05, 3.63) is 101 Å². The van der Waals surface area contributed by atoms with Gasteiger partial charge in [-0.3, -0.25) is 9.69 Å². The summed E-state index contributed by atoms with van der Waals surface area (Å²) in [6, 6.07) is 27.6. The minimum Gasteiger partial charge on any atom is -0.480 e. The lowest BCUT2D eigenvalue weighted by molar-refractivity contribution is -0.140. The van der Waals surface area contributed by atoms with E-state index in [9.17, 15) is 4.79 Å². The number of amides is 1. The molecule has 0 saturated carbocycles. The van der Waals surface area contributed by atoms with Gasteiger partial charge in [-0.2, -0.15) is 0 Å². The number of ether oxygens (including phenoxy) is 1. The summed E-state index contributed by atoms with van der Waals surface area (Å²) in [5, 5.41) is 0. The van der Waals surface area contributed by atoms with E-state index >= 15 is 0 Å². The predicted octanol–water partition coefficient (Wildman–Crippen LogP) is 5.39. The van der Waals surface area contributed by atoms with Gasteiger partial charge in [0.05, 0.1) is 6.04 Å². The fourth-order valence-electron chi connectivity index (χ4n) is 4.58. The van der Waals surface area contributed by atoms with Gasteiger partial charge in [0.15, 0.2) is 6.10 Å². The van der Waals surface area contributed by atoms with Crippen LogP contribution in [0, 0.1) is 13.8 Å². The van der Waals surface area contributed by atoms with E-state index in [-0.39, 0.29) is 11.9 Å². The van der Waals surface area contributed by atoms with Crippen molar-refractivity contribution in [2.45, 2.75) is 39.3 Å². The fraction of sp³-hybridized carbons (Fsp3) is 0.345. The molecule has 0 bridgehead atoms. The van der Waals surface area contributed by atoms with Crippen LogP contribution in [0.2, 0.25) is 0 Å². The molecule has 33 heavy (non-hydrogen) atoms. The van der Waals surface area contributed by atoms with Crippen molar-refractivity contribution in [1.29, 1.82) is 0 Å². The van der Waals surface area contributed by atoms with Crippen LogP contribution in [0.1, 0.15) is 41.6 Å². The van der Waals surface area contributed by atoms with E-state index in [1.54, 1.807) is 0 Å². The molecule has 4 rings (SSSR count). The number of hydrogen-bond donors (Lipinski definition) is 0. The lowest BCUT2D eigenvalue weighted by atomic mass is 9.96. The van der Waals surface area contributed by atoms with E-state index in [1.807, 2.05) is 37.8 Å². The number of piperazine rings is 1. The van der Waals surface area contributed by atoms with E-state index in [0.29, 0.717) is 19.5 Å². The first-order valence-corrected chi connectivity index (χ1v) is 11.9. The van der Waals surface area contributed by atoms with Gasteiger partial charge in [0.1, 0.15) is 5.75 Å². The zero-order valence-corrected chi connectivity index (χ0v) is 19.9. The second-order valence-electron chi connectivity index (χ2n) is 8.87. The van der Waals surface area contributed by atoms with Gasteiger partial charge in [-0.1, -0.05) is 79.7 Å². The zero-order chi connectivity index (χ0) is 23.2. The topological polar surface area (TPSA) is 32.8 Å². The first kappa shape index (κ1) is 23.1. The second kappa shape index (κ2) is 10.7. The molecule has 0 aromatic heterocycles. The second-order valence-corrected chi connectivity index (χ2v) is 8.87. The molecule has 3 aromatic rings. The standard InChI is InChI=1S/C29H34N2O2/c1-4-26(33-27-21-22(2)15-16-23(27)3)29(32)31-19-17-30(18-20-31)28(24-11-7-5-8-12-24)25-13-9-6-10-14-25/h5-16,21,26,28H,4,17-20H2,1-3H3/t26-/m1/s1. The van der Waals surface area contributed by atoms with Crippen molar-refractivity contribution in [3.8, 4) is 5.75 Å². The van der Waals surface area contributed by atoms with Crippen LogP contribution in [0.5, 0.6) is 5.75 Å². The highest BCUT2D eigenvalue weighted by Gasteiger charge is 2.31. The van der Waals surface area contributed by atoms with Crippen LogP contribution in [0.3, 0.4) is 0 Å². The van der Waals surface area contributed by atoms with Crippen molar-refractivity contribution in [2.24, 2.45) is 0 Å². The summed E-state index contributed by atoms with van der Waals surface area (Å²) in [7, 11) is 0. The van der Waals surface area contributed by atoms with E-state index in [2.05, 4.69) is 71.6 Å². The van der Waals surface area contributed by atoms with Crippen LogP contribution in [0.25, 0.3) is 0 Å². The van der Waals surface area contributed by atoms with E-state index in [1.165, 1.54) is 11.1 Å². The SMILES string of the molecule is CC[C@@H](Oc1cc(C)ccc1C)C(=O)N1CCN(C(c2ccccc2)c2ccccc2)CC1. The van der Waals surface area contributed by atoms with Crippen LogP contribution in [-0.4, -0.2) is 48.0 Å². The predicted molar refractivity (Wildman–Crippen MR) is 134 cm³/mol. The van der Waals surface area contributed by atoms with Crippen LogP contribution >= 0.6 is 0 Å². The summed E-state index contributed by atoms with van der Waals surface area (Å²) in [4.78, 5) is 17.8. The molecule has 0 radical (unpaired) electrons. The number of carbonyl (C=O) groups excluding carboxylic acids is 1. The number of carbonyl (C=O) groups is 1. The number of rotatable bonds is 7. The van der Waals surface area contributed by atoms with Crippen molar-refractivity contribution in [2.75, 3.05) is 26.2 Å². The molecule has 0 spiro atoms. The van der Waals surface area contributed by atoms with Crippen LogP contribution < -0.4 is 4.74 Å². The molecular formula is C29H34N2O2. The largest absolute Gasteiger partial charge is 0.480 e. The van der Waals surface area contributed by atoms with Gasteiger partial charge in [0, 0.05) is 26.2 Å². The summed E-state index contributed by atoms with van der Waals surface area (Å²) < 4.78 is 6.20. The molecule has 1 heterocycles. The molecule has 4 nitrogen and oxygen atoms in total. The maximum absolute atomic E-state index is 13.3. The van der Waals surface area contributed by atoms with Gasteiger partial charge < -0.3 is 9.64 Å². The monoisotopic (exact) mass is 442 g/mol. The third-order valence-electron chi connectivity index (χ3n) is 6.48. The molecule has 3 aromatic carbocycles. The molecule has 0 unspecified atom stereocenters. The highest BCUT2D eigenvalue weighted by atomic mass is 16.5. The smallest absolute Gasteiger partial charge is 0.263 e. The lowest BCUT2D eigenvalue weighted by Crippen LogP contribution is -2.53. The summed E-state index contributed by atoms with van der Waals surface area (Å²) in [6.45, 7) is 9.18. The maximum Gasteiger partial charge on any atom is 0.263 e. The van der Waals surface area contributed by atoms with E-state index in [4.69, 9.17) is 4.74 Å². The average Bonchev–Trinajstić information content (AvgIpc) is 2.86. The average molecular weight is 443 g/mol. The molecular weight excluding hydrogens is 408 g/mol. The summed E-state index contributed by atoms with van der Waals surface area (Å²) in [5.74, 6) is 0.899. The summed E-state index contributed by atoms with van der Waals surface area (Å²) >= 11 is 0. The Bertz CT molecular complexity index is 1000. The highest BCUT2D eigenvalue weighted by Crippen LogP contribution is 2.30. The van der Waals surface area contributed by atoms with Crippen molar-refractivity contribution >= 4 is 5.91 Å². The number of benzene rings is 3. The molecule has 0 N–H and O–H groups in total. The Hall–Kier alpha value is -3.11. The molecule has 1 amide bonds. The van der Waals surface area contributed by atoms with Crippen LogP contribution in [-0.2, 0) is 4.79 Å². The fourth-order valence-corrected chi connectivity index (χ4v) is 4.58. The Balaban J connectivity index is 1.45. The molecule has 1 fully saturated rings. The van der Waals surface area contributed by atoms with Gasteiger partial charge in [-0.15, -0.1) is 0 Å². The molecule has 4 heteroatoms. The normalized spacial score (nSPS) is 15.5. The Kier molecular flexibility index (Phi) is 7.46. The van der Waals surface area contributed by atoms with Gasteiger partial charge in [-0.25, -0.2) is 0 Å². The zero-order valence-electron chi connectivity index (χ0n) is 19.9. The van der Waals surface area contributed by atoms with Crippen molar-refractivity contribution < 1.29 is 9.53 Å². The highest BCUT2D eigenvalue weighted by molar-refractivity contribution is 5.81. The van der Waals surface area contributed by atoms with E-state index in [0.717, 1.165) is 30.0 Å². The van der Waals surface area contributed by atoms with E-state index < -0.39 is 6.10 Å². The lowest BCUT2D eigenvalue weighted by Gasteiger charge is -2.40. The minimum atomic E-state index is -0.448. The molecule has 1 atom stereocenters. The third kappa shape index (κ3) is 5.45. The molecule has 0 aliphatic carbocycles. The Morgan fingerprint density at radius 2 is 1.42 bits per heavy atom. The summed E-state index contributed by atoms with van der Waals surface area (Å²) in [5.41, 5.74) is 4.77. The van der Waals surface area contributed by atoms with Crippen molar-refractivity contribution in [1.82, 2.24) is 9.80 Å². The quantitative estimate of drug-likeness (QED) is 0.491. The first-order chi connectivity index (χ1) is 16.1. The van der Waals surface area contributed by atoms with Crippen molar-refractivity contribution in [3.63, 3.8) is 0 Å². The Morgan fingerprint density at radius 1 is 0.848 bits per heavy atom. The maximum atomic E-state index is 13.3. The Labute approximate surface area is 197 Å². The van der Waals surface area contributed by atoms with Gasteiger partial charge in [-0.05, 0) is 48.6 Å². The molecule has 1 saturated heterocycles. The number of nitrogens with zero attached hydrogens (tertiary/aromatic N) is 2. The Morgan fingerprint density at radius 3 is 1.97 bits per heavy atom. The number of hydrogen-bond acceptors (Lipinski definition) is 3. The van der Waals surface area contributed by atoms with Crippen LogP contribution in [0.4, 0.5) is 0 Å². The minimum absolute atomic E-state index is 0.0917.